The largest absolute Gasteiger partial charge is 0.348 e. The van der Waals surface area contributed by atoms with Gasteiger partial charge in [-0.3, -0.25) is 4.79 Å². The first-order valence-electron chi connectivity index (χ1n) is 7.78. The molecule has 2 aromatic carbocycles. The minimum atomic E-state index is -0.00542. The molecule has 110 valence electrons. The third-order valence-electron chi connectivity index (χ3n) is 4.57. The monoisotopic (exact) mass is 282 g/mol. The van der Waals surface area contributed by atoms with Crippen LogP contribution in [0.2, 0.25) is 0 Å². The van der Waals surface area contributed by atoms with Gasteiger partial charge in [-0.1, -0.05) is 49.2 Å². The summed E-state index contributed by atoms with van der Waals surface area (Å²) in [7, 11) is 0. The number of fused-ring (bicyclic) bond motifs is 1. The lowest BCUT2D eigenvalue weighted by molar-refractivity contribution is 0.0926. The van der Waals surface area contributed by atoms with E-state index in [1.165, 1.54) is 25.7 Å². The van der Waals surface area contributed by atoms with E-state index in [1.54, 1.807) is 0 Å². The van der Waals surface area contributed by atoms with E-state index >= 15 is 0 Å². The van der Waals surface area contributed by atoms with E-state index in [0.717, 1.165) is 16.3 Å². The van der Waals surface area contributed by atoms with Crippen molar-refractivity contribution in [3.8, 4) is 0 Å². The van der Waals surface area contributed by atoms with Crippen molar-refractivity contribution in [3.63, 3.8) is 0 Å². The minimum Gasteiger partial charge on any atom is -0.348 e. The fourth-order valence-corrected chi connectivity index (χ4v) is 3.40. The van der Waals surface area contributed by atoms with Crippen molar-refractivity contribution in [1.82, 2.24) is 5.32 Å². The smallest absolute Gasteiger partial charge is 0.252 e. The molecule has 3 N–H and O–H groups in total. The second-order valence-corrected chi connectivity index (χ2v) is 5.89. The molecule has 1 aliphatic carbocycles. The number of carbonyl (C=O) groups is 1. The van der Waals surface area contributed by atoms with Gasteiger partial charge in [0.05, 0.1) is 0 Å². The van der Waals surface area contributed by atoms with E-state index in [1.807, 2.05) is 42.5 Å². The number of nitrogens with two attached hydrogens (primary N) is 1. The van der Waals surface area contributed by atoms with Crippen molar-refractivity contribution < 1.29 is 4.79 Å². The standard InChI is InChI=1S/C18H22N2O/c19-12-17(14-7-1-2-8-14)20-18(21)16-11-5-9-13-6-3-4-10-15(13)16/h3-6,9-11,14,17H,1-2,7-8,12,19H2,(H,20,21). The van der Waals surface area contributed by atoms with Gasteiger partial charge in [-0.2, -0.15) is 0 Å². The van der Waals surface area contributed by atoms with Gasteiger partial charge in [0.1, 0.15) is 0 Å². The maximum atomic E-state index is 12.6. The molecule has 0 aromatic heterocycles. The number of hydrogen-bond donors (Lipinski definition) is 2. The summed E-state index contributed by atoms with van der Waals surface area (Å²) < 4.78 is 0. The van der Waals surface area contributed by atoms with Gasteiger partial charge in [0.25, 0.3) is 5.91 Å². The highest BCUT2D eigenvalue weighted by molar-refractivity contribution is 6.07. The predicted octanol–water partition coefficient (Wildman–Crippen LogP) is 3.09. The zero-order valence-electron chi connectivity index (χ0n) is 12.2. The van der Waals surface area contributed by atoms with E-state index in [-0.39, 0.29) is 11.9 Å². The van der Waals surface area contributed by atoms with Gasteiger partial charge in [0.2, 0.25) is 0 Å². The minimum absolute atomic E-state index is 0.00542. The fourth-order valence-electron chi connectivity index (χ4n) is 3.40. The third kappa shape index (κ3) is 2.93. The summed E-state index contributed by atoms with van der Waals surface area (Å²) in [6.07, 6.45) is 4.87. The van der Waals surface area contributed by atoms with Gasteiger partial charge >= 0.3 is 0 Å². The Morgan fingerprint density at radius 3 is 2.62 bits per heavy atom. The van der Waals surface area contributed by atoms with Gasteiger partial charge in [-0.05, 0) is 35.6 Å². The van der Waals surface area contributed by atoms with E-state index in [0.29, 0.717) is 12.5 Å². The van der Waals surface area contributed by atoms with Crippen LogP contribution in [0.4, 0.5) is 0 Å². The average Bonchev–Trinajstić information content (AvgIpc) is 3.06. The molecule has 3 heteroatoms. The summed E-state index contributed by atoms with van der Waals surface area (Å²) in [5.41, 5.74) is 6.62. The van der Waals surface area contributed by atoms with Crippen LogP contribution >= 0.6 is 0 Å². The molecule has 0 heterocycles. The molecule has 0 spiro atoms. The molecule has 0 aliphatic heterocycles. The molecule has 1 saturated carbocycles. The first-order valence-corrected chi connectivity index (χ1v) is 7.78. The molecule has 1 atom stereocenters. The van der Waals surface area contributed by atoms with Crippen LogP contribution in [0.25, 0.3) is 10.8 Å². The zero-order valence-corrected chi connectivity index (χ0v) is 12.2. The molecule has 0 bridgehead atoms. The fraction of sp³-hybridized carbons (Fsp3) is 0.389. The number of carbonyl (C=O) groups excluding carboxylic acids is 1. The Kier molecular flexibility index (Phi) is 4.20. The Bertz CT molecular complexity index is 627. The highest BCUT2D eigenvalue weighted by Gasteiger charge is 2.25. The molecule has 1 fully saturated rings. The Hall–Kier alpha value is -1.87. The van der Waals surface area contributed by atoms with Crippen LogP contribution in [-0.4, -0.2) is 18.5 Å². The second kappa shape index (κ2) is 6.27. The van der Waals surface area contributed by atoms with Crippen LogP contribution in [-0.2, 0) is 0 Å². The van der Waals surface area contributed by atoms with Gasteiger partial charge in [0, 0.05) is 18.2 Å². The predicted molar refractivity (Wildman–Crippen MR) is 86.2 cm³/mol. The highest BCUT2D eigenvalue weighted by Crippen LogP contribution is 2.28. The molecule has 2 aromatic rings. The van der Waals surface area contributed by atoms with Crippen molar-refractivity contribution >= 4 is 16.7 Å². The van der Waals surface area contributed by atoms with E-state index in [4.69, 9.17) is 5.73 Å². The van der Waals surface area contributed by atoms with Gasteiger partial charge in [-0.25, -0.2) is 0 Å². The molecule has 0 saturated heterocycles. The quantitative estimate of drug-likeness (QED) is 0.905. The number of nitrogens with one attached hydrogen (secondary N) is 1. The SMILES string of the molecule is NCC(NC(=O)c1cccc2ccccc12)C1CCCC1. The summed E-state index contributed by atoms with van der Waals surface area (Å²) in [6.45, 7) is 0.515. The van der Waals surface area contributed by atoms with Crippen molar-refractivity contribution in [2.45, 2.75) is 31.7 Å². The molecule has 1 aliphatic rings. The lowest BCUT2D eigenvalue weighted by Crippen LogP contribution is -2.44. The Labute approximate surface area is 125 Å². The molecule has 1 amide bonds. The average molecular weight is 282 g/mol. The molecule has 3 rings (SSSR count). The van der Waals surface area contributed by atoms with Gasteiger partial charge in [-0.15, -0.1) is 0 Å². The van der Waals surface area contributed by atoms with E-state index < -0.39 is 0 Å². The van der Waals surface area contributed by atoms with Gasteiger partial charge < -0.3 is 11.1 Å². The van der Waals surface area contributed by atoms with Crippen molar-refractivity contribution in [1.29, 1.82) is 0 Å². The van der Waals surface area contributed by atoms with Crippen LogP contribution in [0, 0.1) is 5.92 Å². The number of amides is 1. The Morgan fingerprint density at radius 2 is 1.86 bits per heavy atom. The normalized spacial score (nSPS) is 17.0. The van der Waals surface area contributed by atoms with Crippen LogP contribution < -0.4 is 11.1 Å². The lowest BCUT2D eigenvalue weighted by Gasteiger charge is -2.23. The summed E-state index contributed by atoms with van der Waals surface area (Å²) in [6, 6.07) is 13.9. The van der Waals surface area contributed by atoms with Gasteiger partial charge in [0.15, 0.2) is 0 Å². The molecule has 21 heavy (non-hydrogen) atoms. The van der Waals surface area contributed by atoms with Crippen molar-refractivity contribution in [3.05, 3.63) is 48.0 Å². The number of hydrogen-bond acceptors (Lipinski definition) is 2. The molecule has 0 radical (unpaired) electrons. The molecular formula is C18H22N2O. The first-order chi connectivity index (χ1) is 10.3. The number of benzene rings is 2. The van der Waals surface area contributed by atoms with Crippen LogP contribution in [0.5, 0.6) is 0 Å². The van der Waals surface area contributed by atoms with Crippen molar-refractivity contribution in [2.24, 2.45) is 11.7 Å². The lowest BCUT2D eigenvalue weighted by atomic mass is 9.97. The third-order valence-corrected chi connectivity index (χ3v) is 4.57. The second-order valence-electron chi connectivity index (χ2n) is 5.89. The van der Waals surface area contributed by atoms with E-state index in [9.17, 15) is 4.79 Å². The summed E-state index contributed by atoms with van der Waals surface area (Å²) in [4.78, 5) is 12.6. The van der Waals surface area contributed by atoms with Crippen LogP contribution in [0.15, 0.2) is 42.5 Å². The summed E-state index contributed by atoms with van der Waals surface area (Å²) in [5, 5.41) is 5.25. The van der Waals surface area contributed by atoms with Crippen LogP contribution in [0.1, 0.15) is 36.0 Å². The number of rotatable bonds is 4. The Balaban J connectivity index is 1.83. The molecule has 3 nitrogen and oxygen atoms in total. The molecular weight excluding hydrogens is 260 g/mol. The summed E-state index contributed by atoms with van der Waals surface area (Å²) >= 11 is 0. The summed E-state index contributed by atoms with van der Waals surface area (Å²) in [5.74, 6) is 0.531. The topological polar surface area (TPSA) is 55.1 Å². The van der Waals surface area contributed by atoms with Crippen molar-refractivity contribution in [2.75, 3.05) is 6.54 Å². The first kappa shape index (κ1) is 14.1. The van der Waals surface area contributed by atoms with Crippen LogP contribution in [0.3, 0.4) is 0 Å². The Morgan fingerprint density at radius 1 is 1.14 bits per heavy atom. The highest BCUT2D eigenvalue weighted by atomic mass is 16.1. The maximum absolute atomic E-state index is 12.6. The maximum Gasteiger partial charge on any atom is 0.252 e. The molecule has 1 unspecified atom stereocenters. The zero-order chi connectivity index (χ0) is 14.7. The van der Waals surface area contributed by atoms with E-state index in [2.05, 4.69) is 5.32 Å².